The zero-order chi connectivity index (χ0) is 16.4. The Morgan fingerprint density at radius 3 is 2.50 bits per heavy atom. The van der Waals surface area contributed by atoms with E-state index in [0.29, 0.717) is 22.3 Å². The van der Waals surface area contributed by atoms with Gasteiger partial charge in [0, 0.05) is 27.1 Å². The van der Waals surface area contributed by atoms with E-state index in [0.717, 1.165) is 27.2 Å². The van der Waals surface area contributed by atoms with Crippen molar-refractivity contribution in [1.82, 2.24) is 10.3 Å². The maximum absolute atomic E-state index is 12.5. The summed E-state index contributed by atoms with van der Waals surface area (Å²) in [6.45, 7) is 0. The summed E-state index contributed by atoms with van der Waals surface area (Å²) in [5, 5.41) is 5.76. The molecular weight excluding hydrogens is 304 g/mol. The van der Waals surface area contributed by atoms with E-state index in [1.54, 1.807) is 13.2 Å². The maximum atomic E-state index is 12.5. The Morgan fingerprint density at radius 1 is 0.875 bits per heavy atom. The van der Waals surface area contributed by atoms with Gasteiger partial charge in [0.25, 0.3) is 11.8 Å². The number of nitrogens with one attached hydrogen (secondary N) is 2. The molecule has 24 heavy (non-hydrogen) atoms. The first-order valence-electron chi connectivity index (χ1n) is 7.59. The van der Waals surface area contributed by atoms with Crippen LogP contribution >= 0.6 is 0 Å². The maximum Gasteiger partial charge on any atom is 0.259 e. The molecule has 0 radical (unpaired) electrons. The van der Waals surface area contributed by atoms with E-state index in [4.69, 9.17) is 4.74 Å². The van der Waals surface area contributed by atoms with Crippen molar-refractivity contribution in [3.8, 4) is 5.75 Å². The lowest BCUT2D eigenvalue weighted by Crippen LogP contribution is -2.20. The van der Waals surface area contributed by atoms with Crippen LogP contribution in [0.1, 0.15) is 20.7 Å². The summed E-state index contributed by atoms with van der Waals surface area (Å²) in [5.41, 5.74) is 2.65. The van der Waals surface area contributed by atoms with Crippen molar-refractivity contribution < 1.29 is 14.3 Å². The fourth-order valence-electron chi connectivity index (χ4n) is 3.63. The molecule has 0 bridgehead atoms. The van der Waals surface area contributed by atoms with Crippen LogP contribution in [0.15, 0.2) is 42.5 Å². The average Bonchev–Trinajstić information content (AvgIpc) is 3.12. The van der Waals surface area contributed by atoms with E-state index in [1.165, 1.54) is 0 Å². The number of aromatic amines is 1. The van der Waals surface area contributed by atoms with Gasteiger partial charge in [-0.1, -0.05) is 18.2 Å². The molecule has 0 spiro atoms. The van der Waals surface area contributed by atoms with Crippen LogP contribution in [0.25, 0.3) is 32.6 Å². The molecule has 1 aliphatic heterocycles. The lowest BCUT2D eigenvalue weighted by atomic mass is 9.95. The molecule has 5 heteroatoms. The second kappa shape index (κ2) is 4.35. The minimum Gasteiger partial charge on any atom is -0.497 e. The fourth-order valence-corrected chi connectivity index (χ4v) is 3.63. The lowest BCUT2D eigenvalue weighted by Gasteiger charge is -2.08. The van der Waals surface area contributed by atoms with Crippen LogP contribution in [-0.4, -0.2) is 23.9 Å². The number of fused-ring (bicyclic) bond motifs is 8. The van der Waals surface area contributed by atoms with E-state index in [2.05, 4.69) is 10.3 Å². The first-order valence-corrected chi connectivity index (χ1v) is 7.59. The Kier molecular flexibility index (Phi) is 2.38. The number of carbonyl (C=O) groups excluding carboxylic acids is 2. The van der Waals surface area contributed by atoms with Crippen molar-refractivity contribution in [1.29, 1.82) is 0 Å². The van der Waals surface area contributed by atoms with Crippen molar-refractivity contribution in [3.05, 3.63) is 53.6 Å². The number of hydrogen-bond donors (Lipinski definition) is 2. The molecule has 5 nitrogen and oxygen atoms in total. The standard InChI is InChI=1S/C19H12N2O3/c1-24-9-6-7-10-12(8-9)15-16(19(23)21-18(15)22)14-11-4-2-3-5-13(11)20-17(10)14/h2-8,20H,1H3,(H,21,22,23). The highest BCUT2D eigenvalue weighted by Gasteiger charge is 2.33. The number of ether oxygens (including phenoxy) is 1. The first-order chi connectivity index (χ1) is 11.7. The molecule has 0 aliphatic carbocycles. The smallest absolute Gasteiger partial charge is 0.259 e. The third-order valence-corrected chi connectivity index (χ3v) is 4.65. The third-order valence-electron chi connectivity index (χ3n) is 4.65. The van der Waals surface area contributed by atoms with Gasteiger partial charge in [-0.2, -0.15) is 0 Å². The summed E-state index contributed by atoms with van der Waals surface area (Å²) in [6, 6.07) is 13.4. The fraction of sp³-hybridized carbons (Fsp3) is 0.0526. The molecule has 2 N–H and O–H groups in total. The normalized spacial score (nSPS) is 13.7. The molecule has 5 rings (SSSR count). The summed E-state index contributed by atoms with van der Waals surface area (Å²) < 4.78 is 5.29. The average molecular weight is 316 g/mol. The van der Waals surface area contributed by atoms with Crippen LogP contribution in [0.5, 0.6) is 5.75 Å². The molecule has 0 unspecified atom stereocenters. The Balaban J connectivity index is 2.12. The predicted octanol–water partition coefficient (Wildman–Crippen LogP) is 3.37. The summed E-state index contributed by atoms with van der Waals surface area (Å²) in [7, 11) is 1.58. The van der Waals surface area contributed by atoms with E-state index in [-0.39, 0.29) is 11.8 Å². The molecule has 0 saturated heterocycles. The number of hydrogen-bond acceptors (Lipinski definition) is 3. The highest BCUT2D eigenvalue weighted by atomic mass is 16.5. The Hall–Kier alpha value is -3.34. The molecule has 0 atom stereocenters. The Bertz CT molecular complexity index is 1200. The highest BCUT2D eigenvalue weighted by Crippen LogP contribution is 2.40. The number of H-pyrrole nitrogens is 1. The largest absolute Gasteiger partial charge is 0.497 e. The van der Waals surface area contributed by atoms with Gasteiger partial charge in [0.1, 0.15) is 5.75 Å². The van der Waals surface area contributed by atoms with Gasteiger partial charge in [-0.05, 0) is 24.3 Å². The summed E-state index contributed by atoms with van der Waals surface area (Å²) in [4.78, 5) is 28.3. The number of para-hydroxylation sites is 1. The van der Waals surface area contributed by atoms with Gasteiger partial charge in [-0.3, -0.25) is 14.9 Å². The molecule has 116 valence electrons. The number of benzene rings is 3. The second-order valence-electron chi connectivity index (χ2n) is 5.87. The van der Waals surface area contributed by atoms with Crippen molar-refractivity contribution in [2.24, 2.45) is 0 Å². The molecule has 2 amide bonds. The SMILES string of the molecule is COc1ccc2c(c1)c1c(c3c4ccccc4[nH]c23)C(=O)NC1=O. The number of aromatic nitrogens is 1. The van der Waals surface area contributed by atoms with E-state index in [1.807, 2.05) is 36.4 Å². The summed E-state index contributed by atoms with van der Waals surface area (Å²) in [5.74, 6) is -0.0674. The van der Waals surface area contributed by atoms with E-state index >= 15 is 0 Å². The second-order valence-corrected chi connectivity index (χ2v) is 5.87. The molecule has 3 aromatic carbocycles. The number of methoxy groups -OCH3 is 1. The van der Waals surface area contributed by atoms with Crippen molar-refractivity contribution in [2.75, 3.05) is 7.11 Å². The van der Waals surface area contributed by atoms with Crippen LogP contribution in [0.2, 0.25) is 0 Å². The van der Waals surface area contributed by atoms with Crippen molar-refractivity contribution >= 4 is 44.4 Å². The monoisotopic (exact) mass is 316 g/mol. The van der Waals surface area contributed by atoms with Gasteiger partial charge in [0.05, 0.1) is 23.8 Å². The van der Waals surface area contributed by atoms with Gasteiger partial charge in [0.2, 0.25) is 0 Å². The summed E-state index contributed by atoms with van der Waals surface area (Å²) in [6.07, 6.45) is 0. The molecule has 1 aliphatic rings. The summed E-state index contributed by atoms with van der Waals surface area (Å²) >= 11 is 0. The van der Waals surface area contributed by atoms with Crippen LogP contribution in [0.4, 0.5) is 0 Å². The number of amides is 2. The minimum absolute atomic E-state index is 0.352. The lowest BCUT2D eigenvalue weighted by molar-refractivity contribution is 0.0880. The predicted molar refractivity (Wildman–Crippen MR) is 91.7 cm³/mol. The van der Waals surface area contributed by atoms with Gasteiger partial charge < -0.3 is 9.72 Å². The molecule has 1 aromatic heterocycles. The van der Waals surface area contributed by atoms with Crippen molar-refractivity contribution in [3.63, 3.8) is 0 Å². The molecule has 0 saturated carbocycles. The zero-order valence-corrected chi connectivity index (χ0v) is 12.8. The molecule has 2 heterocycles. The highest BCUT2D eigenvalue weighted by molar-refractivity contribution is 6.36. The number of rotatable bonds is 1. The van der Waals surface area contributed by atoms with Gasteiger partial charge >= 0.3 is 0 Å². The minimum atomic E-state index is -0.361. The third kappa shape index (κ3) is 1.48. The zero-order valence-electron chi connectivity index (χ0n) is 12.8. The number of carbonyl (C=O) groups is 2. The molecule has 0 fully saturated rings. The van der Waals surface area contributed by atoms with Crippen LogP contribution in [0.3, 0.4) is 0 Å². The van der Waals surface area contributed by atoms with Crippen LogP contribution in [0, 0.1) is 0 Å². The molecular formula is C19H12N2O3. The van der Waals surface area contributed by atoms with E-state index in [9.17, 15) is 9.59 Å². The van der Waals surface area contributed by atoms with Gasteiger partial charge in [-0.25, -0.2) is 0 Å². The van der Waals surface area contributed by atoms with Crippen LogP contribution < -0.4 is 10.1 Å². The topological polar surface area (TPSA) is 71.2 Å². The first kappa shape index (κ1) is 13.1. The van der Waals surface area contributed by atoms with Gasteiger partial charge in [-0.15, -0.1) is 0 Å². The quantitative estimate of drug-likeness (QED) is 0.529. The van der Waals surface area contributed by atoms with E-state index < -0.39 is 0 Å². The van der Waals surface area contributed by atoms with Crippen molar-refractivity contribution in [2.45, 2.75) is 0 Å². The molecule has 4 aromatic rings. The number of imide groups is 1. The van der Waals surface area contributed by atoms with Gasteiger partial charge in [0.15, 0.2) is 0 Å². The van der Waals surface area contributed by atoms with Crippen LogP contribution in [-0.2, 0) is 0 Å². The Labute approximate surface area is 136 Å². The Morgan fingerprint density at radius 2 is 1.67 bits per heavy atom.